The van der Waals surface area contributed by atoms with Crippen molar-refractivity contribution in [3.05, 3.63) is 53.1 Å². The van der Waals surface area contributed by atoms with Crippen molar-refractivity contribution in [3.63, 3.8) is 0 Å². The lowest BCUT2D eigenvalue weighted by molar-refractivity contribution is 0.843. The van der Waals surface area contributed by atoms with Gasteiger partial charge in [0.1, 0.15) is 20.6 Å². The molecule has 0 unspecified atom stereocenters. The molecule has 5 rings (SSSR count). The summed E-state index contributed by atoms with van der Waals surface area (Å²) in [7, 11) is 0. The van der Waals surface area contributed by atoms with Crippen LogP contribution < -0.4 is 5.56 Å². The second-order valence-electron chi connectivity index (χ2n) is 5.28. The lowest BCUT2D eigenvalue weighted by Crippen LogP contribution is -2.15. The van der Waals surface area contributed by atoms with Crippen molar-refractivity contribution in [1.82, 2.24) is 29.1 Å². The average molecular weight is 366 g/mol. The molecule has 0 spiro atoms. The second kappa shape index (κ2) is 5.36. The molecule has 0 bridgehead atoms. The average Bonchev–Trinajstić information content (AvgIpc) is 3.22. The molecule has 122 valence electrons. The summed E-state index contributed by atoms with van der Waals surface area (Å²) in [5.41, 5.74) is 1.92. The molecule has 0 fully saturated rings. The molecule has 5 aromatic rings. The molecule has 0 amide bonds. The van der Waals surface area contributed by atoms with E-state index in [2.05, 4.69) is 15.1 Å². The van der Waals surface area contributed by atoms with Crippen LogP contribution in [-0.2, 0) is 0 Å². The predicted octanol–water partition coefficient (Wildman–Crippen LogP) is 2.76. The molecule has 0 radical (unpaired) electrons. The summed E-state index contributed by atoms with van der Waals surface area (Å²) in [5.74, 6) is 0.471. The van der Waals surface area contributed by atoms with Crippen LogP contribution >= 0.6 is 23.1 Å². The first-order chi connectivity index (χ1) is 12.3. The van der Waals surface area contributed by atoms with Gasteiger partial charge in [0.2, 0.25) is 5.78 Å². The van der Waals surface area contributed by atoms with Crippen molar-refractivity contribution >= 4 is 49.4 Å². The van der Waals surface area contributed by atoms with Crippen molar-refractivity contribution in [1.29, 1.82) is 0 Å². The largest absolute Gasteiger partial charge is 0.293 e. The summed E-state index contributed by atoms with van der Waals surface area (Å²) in [5, 5.41) is 5.16. The fourth-order valence-corrected chi connectivity index (χ4v) is 4.28. The third-order valence-electron chi connectivity index (χ3n) is 3.86. The first-order valence-electron chi connectivity index (χ1n) is 7.42. The minimum atomic E-state index is -0.199. The predicted molar refractivity (Wildman–Crippen MR) is 98.8 cm³/mol. The summed E-state index contributed by atoms with van der Waals surface area (Å²) in [6.07, 6.45) is 5.15. The summed E-state index contributed by atoms with van der Waals surface area (Å²) >= 11 is 2.76. The molecule has 0 saturated carbocycles. The number of rotatable bonds is 2. The van der Waals surface area contributed by atoms with E-state index in [9.17, 15) is 4.79 Å². The highest BCUT2D eigenvalue weighted by Gasteiger charge is 2.20. The van der Waals surface area contributed by atoms with Gasteiger partial charge in [0.25, 0.3) is 5.56 Å². The lowest BCUT2D eigenvalue weighted by Gasteiger charge is -2.05. The summed E-state index contributed by atoms with van der Waals surface area (Å²) in [6.45, 7) is 0. The maximum absolute atomic E-state index is 13.0. The Morgan fingerprint density at radius 3 is 2.68 bits per heavy atom. The SMILES string of the molecule is CSc1nn2c(=O)c3sc4nccnc4c3nc2n1-c1ccccc1. The van der Waals surface area contributed by atoms with Crippen molar-refractivity contribution in [2.75, 3.05) is 6.26 Å². The quantitative estimate of drug-likeness (QED) is 0.447. The maximum Gasteiger partial charge on any atom is 0.293 e. The van der Waals surface area contributed by atoms with Gasteiger partial charge in [-0.2, -0.15) is 4.52 Å². The number of hydrogen-bond acceptors (Lipinski definition) is 7. The van der Waals surface area contributed by atoms with Gasteiger partial charge in [-0.05, 0) is 18.4 Å². The highest BCUT2D eigenvalue weighted by molar-refractivity contribution is 7.98. The highest BCUT2D eigenvalue weighted by atomic mass is 32.2. The normalized spacial score (nSPS) is 11.7. The molecule has 4 aromatic heterocycles. The van der Waals surface area contributed by atoms with Crippen LogP contribution in [0.4, 0.5) is 0 Å². The van der Waals surface area contributed by atoms with Crippen LogP contribution in [0.3, 0.4) is 0 Å². The standard InChI is InChI=1S/C16H10N6OS2/c1-24-16-20-22-14(23)12-10(11-13(25-12)18-8-7-17-11)19-15(22)21(16)9-5-3-2-4-6-9/h2-8H,1H3. The molecule has 0 atom stereocenters. The summed E-state index contributed by atoms with van der Waals surface area (Å²) in [6, 6.07) is 9.75. The molecular formula is C16H10N6OS2. The number of thioether (sulfide) groups is 1. The van der Waals surface area contributed by atoms with E-state index in [1.54, 1.807) is 12.4 Å². The number of nitrogens with zero attached hydrogens (tertiary/aromatic N) is 6. The Hall–Kier alpha value is -2.78. The van der Waals surface area contributed by atoms with Crippen LogP contribution in [0.2, 0.25) is 0 Å². The number of para-hydroxylation sites is 1. The fourth-order valence-electron chi connectivity index (χ4n) is 2.78. The van der Waals surface area contributed by atoms with E-state index in [4.69, 9.17) is 4.98 Å². The third kappa shape index (κ3) is 2.02. The van der Waals surface area contributed by atoms with Crippen molar-refractivity contribution in [3.8, 4) is 5.69 Å². The molecule has 0 saturated heterocycles. The Balaban J connectivity index is 1.99. The molecular weight excluding hydrogens is 356 g/mol. The van der Waals surface area contributed by atoms with Gasteiger partial charge in [0, 0.05) is 12.4 Å². The minimum Gasteiger partial charge on any atom is -0.266 e. The van der Waals surface area contributed by atoms with Crippen LogP contribution in [0.1, 0.15) is 0 Å². The Bertz CT molecular complexity index is 1300. The maximum atomic E-state index is 13.0. The van der Waals surface area contributed by atoms with Gasteiger partial charge >= 0.3 is 0 Å². The highest BCUT2D eigenvalue weighted by Crippen LogP contribution is 2.28. The molecule has 0 N–H and O–H groups in total. The van der Waals surface area contributed by atoms with E-state index in [1.807, 2.05) is 41.2 Å². The number of hydrogen-bond donors (Lipinski definition) is 0. The van der Waals surface area contributed by atoms with E-state index >= 15 is 0 Å². The number of aromatic nitrogens is 6. The molecule has 7 nitrogen and oxygen atoms in total. The first kappa shape index (κ1) is 14.6. The van der Waals surface area contributed by atoms with E-state index in [0.29, 0.717) is 31.5 Å². The van der Waals surface area contributed by atoms with Gasteiger partial charge < -0.3 is 0 Å². The molecule has 25 heavy (non-hydrogen) atoms. The number of fused-ring (bicyclic) bond motifs is 4. The van der Waals surface area contributed by atoms with E-state index < -0.39 is 0 Å². The zero-order chi connectivity index (χ0) is 17.0. The van der Waals surface area contributed by atoms with E-state index in [0.717, 1.165) is 5.69 Å². The Morgan fingerprint density at radius 1 is 1.08 bits per heavy atom. The van der Waals surface area contributed by atoms with E-state index in [1.165, 1.54) is 27.6 Å². The Morgan fingerprint density at radius 2 is 1.88 bits per heavy atom. The lowest BCUT2D eigenvalue weighted by atomic mass is 10.3. The molecule has 0 aliphatic carbocycles. The van der Waals surface area contributed by atoms with Gasteiger partial charge in [0.05, 0.1) is 5.69 Å². The molecule has 0 aliphatic heterocycles. The molecule has 1 aromatic carbocycles. The monoisotopic (exact) mass is 366 g/mol. The van der Waals surface area contributed by atoms with Gasteiger partial charge in [-0.25, -0.2) is 15.0 Å². The van der Waals surface area contributed by atoms with Crippen LogP contribution in [0.15, 0.2) is 52.7 Å². The molecule has 4 heterocycles. The summed E-state index contributed by atoms with van der Waals surface area (Å²) < 4.78 is 3.76. The third-order valence-corrected chi connectivity index (χ3v) is 5.56. The Labute approximate surface area is 149 Å². The van der Waals surface area contributed by atoms with Crippen molar-refractivity contribution in [2.24, 2.45) is 0 Å². The van der Waals surface area contributed by atoms with Gasteiger partial charge in [-0.15, -0.1) is 16.4 Å². The van der Waals surface area contributed by atoms with Gasteiger partial charge in [0.15, 0.2) is 5.16 Å². The van der Waals surface area contributed by atoms with Crippen LogP contribution in [0, 0.1) is 0 Å². The zero-order valence-electron chi connectivity index (χ0n) is 12.9. The van der Waals surface area contributed by atoms with Gasteiger partial charge in [-0.1, -0.05) is 30.0 Å². The molecule has 0 aliphatic rings. The number of thiophene rings is 1. The topological polar surface area (TPSA) is 78.0 Å². The van der Waals surface area contributed by atoms with Crippen molar-refractivity contribution < 1.29 is 0 Å². The zero-order valence-corrected chi connectivity index (χ0v) is 14.6. The second-order valence-corrected chi connectivity index (χ2v) is 7.05. The van der Waals surface area contributed by atoms with E-state index in [-0.39, 0.29) is 5.56 Å². The van der Waals surface area contributed by atoms with Crippen LogP contribution in [0.5, 0.6) is 0 Å². The number of benzene rings is 1. The first-order valence-corrected chi connectivity index (χ1v) is 9.46. The minimum absolute atomic E-state index is 0.199. The van der Waals surface area contributed by atoms with Gasteiger partial charge in [-0.3, -0.25) is 9.36 Å². The smallest absolute Gasteiger partial charge is 0.266 e. The van der Waals surface area contributed by atoms with Crippen LogP contribution in [-0.4, -0.2) is 35.4 Å². The fraction of sp³-hybridized carbons (Fsp3) is 0.0625. The Kier molecular flexibility index (Phi) is 3.12. The van der Waals surface area contributed by atoms with Crippen LogP contribution in [0.25, 0.3) is 32.0 Å². The van der Waals surface area contributed by atoms with Crippen molar-refractivity contribution in [2.45, 2.75) is 5.16 Å². The summed E-state index contributed by atoms with van der Waals surface area (Å²) in [4.78, 5) is 27.0. The molecule has 9 heteroatoms.